The Morgan fingerprint density at radius 2 is 2.14 bits per heavy atom. The lowest BCUT2D eigenvalue weighted by Gasteiger charge is -2.19. The zero-order valence-electron chi connectivity index (χ0n) is 11.9. The van der Waals surface area contributed by atoms with Gasteiger partial charge in [-0.25, -0.2) is 0 Å². The van der Waals surface area contributed by atoms with E-state index >= 15 is 0 Å². The molecule has 0 spiro atoms. The zero-order valence-corrected chi connectivity index (χ0v) is 15.1. The third kappa shape index (κ3) is 4.22. The van der Waals surface area contributed by atoms with Gasteiger partial charge in [-0.3, -0.25) is 0 Å². The molecular weight excluding hydrogens is 368 g/mol. The molecule has 2 nitrogen and oxygen atoms in total. The molecule has 0 bridgehead atoms. The Bertz CT molecular complexity index is 624. The lowest BCUT2D eigenvalue weighted by atomic mass is 10.2. The largest absolute Gasteiger partial charge is 0.369 e. The van der Waals surface area contributed by atoms with E-state index in [1.807, 2.05) is 6.07 Å². The summed E-state index contributed by atoms with van der Waals surface area (Å²) in [5, 5.41) is 3.55. The van der Waals surface area contributed by atoms with Crippen LogP contribution in [0.25, 0.3) is 0 Å². The number of nitrogens with zero attached hydrogens (tertiary/aromatic N) is 1. The lowest BCUT2D eigenvalue weighted by Crippen LogP contribution is -2.17. The van der Waals surface area contributed by atoms with Gasteiger partial charge in [0.15, 0.2) is 0 Å². The molecule has 1 aliphatic carbocycles. The predicted molar refractivity (Wildman–Crippen MR) is 95.4 cm³/mol. The van der Waals surface area contributed by atoms with Crippen molar-refractivity contribution in [3.05, 3.63) is 49.6 Å². The van der Waals surface area contributed by atoms with E-state index in [9.17, 15) is 0 Å². The predicted octanol–water partition coefficient (Wildman–Crippen LogP) is 5.05. The molecule has 1 aliphatic rings. The van der Waals surface area contributed by atoms with Gasteiger partial charge < -0.3 is 10.2 Å². The first kappa shape index (κ1) is 15.3. The van der Waals surface area contributed by atoms with Crippen LogP contribution in [0.4, 0.5) is 5.69 Å². The highest BCUT2D eigenvalue weighted by Crippen LogP contribution is 2.28. The Labute approximate surface area is 143 Å². The van der Waals surface area contributed by atoms with E-state index in [-0.39, 0.29) is 0 Å². The van der Waals surface area contributed by atoms with Crippen LogP contribution < -0.4 is 10.2 Å². The van der Waals surface area contributed by atoms with Crippen LogP contribution >= 0.6 is 38.9 Å². The molecule has 1 aromatic heterocycles. The van der Waals surface area contributed by atoms with E-state index in [1.165, 1.54) is 33.4 Å². The summed E-state index contributed by atoms with van der Waals surface area (Å²) in [7, 11) is 2.11. The molecule has 0 saturated heterocycles. The summed E-state index contributed by atoms with van der Waals surface area (Å²) in [6.07, 6.45) is 2.64. The summed E-state index contributed by atoms with van der Waals surface area (Å²) in [6, 6.07) is 11.4. The van der Waals surface area contributed by atoms with Crippen LogP contribution in [0.1, 0.15) is 23.3 Å². The molecule has 21 heavy (non-hydrogen) atoms. The van der Waals surface area contributed by atoms with Crippen molar-refractivity contribution in [2.24, 2.45) is 0 Å². The van der Waals surface area contributed by atoms with Crippen molar-refractivity contribution in [3.63, 3.8) is 0 Å². The number of hydrogen-bond acceptors (Lipinski definition) is 3. The number of nitrogens with one attached hydrogen (secondary N) is 1. The zero-order chi connectivity index (χ0) is 14.8. The SMILES string of the molecule is CN(Cc1ccc(Cl)s1)c1ccc(CNC2CC2)c(Br)c1. The van der Waals surface area contributed by atoms with Gasteiger partial charge in [-0.05, 0) is 42.7 Å². The number of anilines is 1. The smallest absolute Gasteiger partial charge is 0.0931 e. The van der Waals surface area contributed by atoms with Crippen molar-refractivity contribution in [3.8, 4) is 0 Å². The van der Waals surface area contributed by atoms with Crippen LogP contribution in [0.15, 0.2) is 34.8 Å². The van der Waals surface area contributed by atoms with Gasteiger partial charge in [0.05, 0.1) is 10.9 Å². The fraction of sp³-hybridized carbons (Fsp3) is 0.375. The molecule has 0 atom stereocenters. The summed E-state index contributed by atoms with van der Waals surface area (Å²) in [4.78, 5) is 3.52. The van der Waals surface area contributed by atoms with Crippen molar-refractivity contribution >= 4 is 44.6 Å². The molecule has 3 rings (SSSR count). The highest BCUT2D eigenvalue weighted by molar-refractivity contribution is 9.10. The third-order valence-corrected chi connectivity index (χ3v) is 5.61. The molecular formula is C16H18BrClN2S. The first-order chi connectivity index (χ1) is 10.1. The van der Waals surface area contributed by atoms with Gasteiger partial charge in [-0.2, -0.15) is 0 Å². The quantitative estimate of drug-likeness (QED) is 0.748. The molecule has 0 aliphatic heterocycles. The fourth-order valence-corrected chi connectivity index (χ4v) is 3.87. The molecule has 0 unspecified atom stereocenters. The van der Waals surface area contributed by atoms with Crippen molar-refractivity contribution in [2.75, 3.05) is 11.9 Å². The Balaban J connectivity index is 1.65. The van der Waals surface area contributed by atoms with E-state index in [0.717, 1.165) is 23.5 Å². The van der Waals surface area contributed by atoms with Crippen molar-refractivity contribution in [1.82, 2.24) is 5.32 Å². The van der Waals surface area contributed by atoms with Gasteiger partial charge in [0.1, 0.15) is 0 Å². The van der Waals surface area contributed by atoms with Crippen molar-refractivity contribution in [1.29, 1.82) is 0 Å². The van der Waals surface area contributed by atoms with Crippen LogP contribution in [0.5, 0.6) is 0 Å². The van der Waals surface area contributed by atoms with E-state index in [4.69, 9.17) is 11.6 Å². The second kappa shape index (κ2) is 6.69. The summed E-state index contributed by atoms with van der Waals surface area (Å²) in [5.41, 5.74) is 2.53. The highest BCUT2D eigenvalue weighted by atomic mass is 79.9. The standard InChI is InChI=1S/C16H18BrClN2S/c1-20(10-14-6-7-16(18)21-14)13-5-2-11(15(17)8-13)9-19-12-3-4-12/h2,5-8,12,19H,3-4,9-10H2,1H3. The number of hydrogen-bond donors (Lipinski definition) is 1. The molecule has 2 aromatic rings. The topological polar surface area (TPSA) is 15.3 Å². The van der Waals surface area contributed by atoms with Crippen molar-refractivity contribution < 1.29 is 0 Å². The second-order valence-corrected chi connectivity index (χ2v) is 8.15. The van der Waals surface area contributed by atoms with Crippen LogP contribution in [0, 0.1) is 0 Å². The van der Waals surface area contributed by atoms with Crippen molar-refractivity contribution in [2.45, 2.75) is 32.0 Å². The van der Waals surface area contributed by atoms with Gasteiger partial charge in [0.2, 0.25) is 0 Å². The molecule has 5 heteroatoms. The maximum atomic E-state index is 5.99. The van der Waals surface area contributed by atoms with E-state index in [2.05, 4.69) is 57.5 Å². The van der Waals surface area contributed by atoms with Gasteiger partial charge in [-0.15, -0.1) is 11.3 Å². The Hall–Kier alpha value is -0.550. The Morgan fingerprint density at radius 3 is 2.76 bits per heavy atom. The lowest BCUT2D eigenvalue weighted by molar-refractivity contribution is 0.686. The number of thiophene rings is 1. The first-order valence-corrected chi connectivity index (χ1v) is 9.08. The normalized spacial score (nSPS) is 14.4. The van der Waals surface area contributed by atoms with Crippen LogP contribution in [-0.2, 0) is 13.1 Å². The summed E-state index contributed by atoms with van der Waals surface area (Å²) in [5.74, 6) is 0. The maximum absolute atomic E-state index is 5.99. The summed E-state index contributed by atoms with van der Waals surface area (Å²) in [6.45, 7) is 1.82. The minimum Gasteiger partial charge on any atom is -0.369 e. The Morgan fingerprint density at radius 1 is 1.33 bits per heavy atom. The molecule has 112 valence electrons. The van der Waals surface area contributed by atoms with Gasteiger partial charge in [0.25, 0.3) is 0 Å². The Kier molecular flexibility index (Phi) is 4.89. The average Bonchev–Trinajstić information content (AvgIpc) is 3.20. The first-order valence-electron chi connectivity index (χ1n) is 7.09. The monoisotopic (exact) mass is 384 g/mol. The molecule has 1 saturated carbocycles. The minimum atomic E-state index is 0.739. The van der Waals surface area contributed by atoms with Gasteiger partial charge in [0, 0.05) is 34.7 Å². The minimum absolute atomic E-state index is 0.739. The second-order valence-electron chi connectivity index (χ2n) is 5.49. The number of rotatable bonds is 6. The maximum Gasteiger partial charge on any atom is 0.0931 e. The summed E-state index contributed by atoms with van der Waals surface area (Å²) < 4.78 is 2.02. The van der Waals surface area contributed by atoms with E-state index in [1.54, 1.807) is 11.3 Å². The molecule has 1 heterocycles. The van der Waals surface area contributed by atoms with Gasteiger partial charge >= 0.3 is 0 Å². The fourth-order valence-electron chi connectivity index (χ4n) is 2.22. The average molecular weight is 386 g/mol. The van der Waals surface area contributed by atoms with Crippen LogP contribution in [0.2, 0.25) is 4.34 Å². The molecule has 1 aromatic carbocycles. The van der Waals surface area contributed by atoms with E-state index in [0.29, 0.717) is 0 Å². The summed E-state index contributed by atoms with van der Waals surface area (Å²) >= 11 is 11.3. The number of benzene rings is 1. The third-order valence-electron chi connectivity index (χ3n) is 3.66. The molecule has 0 amide bonds. The molecule has 1 fully saturated rings. The number of halogens is 2. The van der Waals surface area contributed by atoms with E-state index < -0.39 is 0 Å². The highest BCUT2D eigenvalue weighted by Gasteiger charge is 2.20. The van der Waals surface area contributed by atoms with Crippen LogP contribution in [0.3, 0.4) is 0 Å². The van der Waals surface area contributed by atoms with Gasteiger partial charge in [-0.1, -0.05) is 33.6 Å². The van der Waals surface area contributed by atoms with Crippen LogP contribution in [-0.4, -0.2) is 13.1 Å². The molecule has 1 N–H and O–H groups in total. The molecule has 0 radical (unpaired) electrons.